The molecule has 0 amide bonds. The van der Waals surface area contributed by atoms with E-state index >= 15 is 0 Å². The molecular formula is C20H23N3O2S. The largest absolute Gasteiger partial charge is 0.243 e. The van der Waals surface area contributed by atoms with Crippen molar-refractivity contribution in [3.8, 4) is 5.69 Å². The van der Waals surface area contributed by atoms with Crippen molar-refractivity contribution in [2.75, 3.05) is 7.05 Å². The fourth-order valence-corrected chi connectivity index (χ4v) is 3.96. The summed E-state index contributed by atoms with van der Waals surface area (Å²) in [6.45, 7) is 2.37. The van der Waals surface area contributed by atoms with Gasteiger partial charge in [0.05, 0.1) is 16.8 Å². The standard InChI is InChI=1S/C20H23N3O2S/c1-3-7-17-10-12-20(13-11-17)26(24,25)22(2)15-18-14-21-23(16-18)19-8-5-4-6-9-19/h4-6,8-14,16H,3,7,15H2,1-2H3. The van der Waals surface area contributed by atoms with E-state index in [1.807, 2.05) is 48.7 Å². The van der Waals surface area contributed by atoms with E-state index < -0.39 is 10.0 Å². The zero-order chi connectivity index (χ0) is 18.6. The van der Waals surface area contributed by atoms with Crippen LogP contribution >= 0.6 is 0 Å². The van der Waals surface area contributed by atoms with Gasteiger partial charge in [0, 0.05) is 25.4 Å². The molecule has 0 spiro atoms. The Hall–Kier alpha value is -2.44. The monoisotopic (exact) mass is 369 g/mol. The molecule has 0 atom stereocenters. The maximum Gasteiger partial charge on any atom is 0.243 e. The second kappa shape index (κ2) is 7.85. The number of aromatic nitrogens is 2. The highest BCUT2D eigenvalue weighted by Crippen LogP contribution is 2.18. The molecule has 0 saturated carbocycles. The van der Waals surface area contributed by atoms with Crippen LogP contribution in [-0.2, 0) is 23.0 Å². The topological polar surface area (TPSA) is 55.2 Å². The Balaban J connectivity index is 1.74. The number of para-hydroxylation sites is 1. The van der Waals surface area contributed by atoms with Crippen molar-refractivity contribution in [3.63, 3.8) is 0 Å². The molecule has 1 heterocycles. The molecule has 0 radical (unpaired) electrons. The molecular weight excluding hydrogens is 346 g/mol. The van der Waals surface area contributed by atoms with Crippen LogP contribution in [0.15, 0.2) is 71.9 Å². The quantitative estimate of drug-likeness (QED) is 0.639. The van der Waals surface area contributed by atoms with Gasteiger partial charge in [0.25, 0.3) is 0 Å². The third-order valence-corrected chi connectivity index (χ3v) is 6.05. The fourth-order valence-electron chi connectivity index (χ4n) is 2.80. The highest BCUT2D eigenvalue weighted by Gasteiger charge is 2.21. The molecule has 2 aromatic carbocycles. The molecule has 6 heteroatoms. The van der Waals surface area contributed by atoms with E-state index in [1.165, 1.54) is 4.31 Å². The van der Waals surface area contributed by atoms with E-state index in [9.17, 15) is 8.42 Å². The minimum Gasteiger partial charge on any atom is -0.241 e. The third-order valence-electron chi connectivity index (χ3n) is 4.23. The number of aryl methyl sites for hydroxylation is 1. The predicted molar refractivity (Wildman–Crippen MR) is 103 cm³/mol. The Bertz CT molecular complexity index is 948. The molecule has 0 aliphatic carbocycles. The van der Waals surface area contributed by atoms with Gasteiger partial charge in [-0.1, -0.05) is 43.7 Å². The lowest BCUT2D eigenvalue weighted by molar-refractivity contribution is 0.466. The summed E-state index contributed by atoms with van der Waals surface area (Å²) >= 11 is 0. The molecule has 0 aliphatic rings. The van der Waals surface area contributed by atoms with Gasteiger partial charge in [-0.2, -0.15) is 9.40 Å². The Morgan fingerprint density at radius 2 is 1.69 bits per heavy atom. The molecule has 0 aliphatic heterocycles. The maximum absolute atomic E-state index is 12.8. The summed E-state index contributed by atoms with van der Waals surface area (Å²) in [6.07, 6.45) is 5.54. The maximum atomic E-state index is 12.8. The molecule has 0 unspecified atom stereocenters. The highest BCUT2D eigenvalue weighted by atomic mass is 32.2. The van der Waals surface area contributed by atoms with Crippen molar-refractivity contribution in [3.05, 3.63) is 78.1 Å². The van der Waals surface area contributed by atoms with Gasteiger partial charge < -0.3 is 0 Å². The average molecular weight is 369 g/mol. The first-order valence-electron chi connectivity index (χ1n) is 8.65. The molecule has 3 aromatic rings. The van der Waals surface area contributed by atoms with Crippen LogP contribution in [0.4, 0.5) is 0 Å². The van der Waals surface area contributed by atoms with E-state index in [2.05, 4.69) is 12.0 Å². The molecule has 136 valence electrons. The van der Waals surface area contributed by atoms with Crippen LogP contribution in [0.2, 0.25) is 0 Å². The number of hydrogen-bond acceptors (Lipinski definition) is 3. The molecule has 0 bridgehead atoms. The van der Waals surface area contributed by atoms with Crippen molar-refractivity contribution in [2.24, 2.45) is 0 Å². The van der Waals surface area contributed by atoms with Crippen molar-refractivity contribution < 1.29 is 8.42 Å². The summed E-state index contributed by atoms with van der Waals surface area (Å²) in [7, 11) is -1.94. The smallest absolute Gasteiger partial charge is 0.241 e. The summed E-state index contributed by atoms with van der Waals surface area (Å²) in [6, 6.07) is 16.9. The van der Waals surface area contributed by atoms with Crippen molar-refractivity contribution in [2.45, 2.75) is 31.2 Å². The number of hydrogen-bond donors (Lipinski definition) is 0. The van der Waals surface area contributed by atoms with Crippen molar-refractivity contribution >= 4 is 10.0 Å². The van der Waals surface area contributed by atoms with Crippen LogP contribution in [0, 0.1) is 0 Å². The van der Waals surface area contributed by atoms with E-state index in [-0.39, 0.29) is 6.54 Å². The second-order valence-corrected chi connectivity index (χ2v) is 8.33. The molecule has 5 nitrogen and oxygen atoms in total. The third kappa shape index (κ3) is 4.03. The van der Waals surface area contributed by atoms with Crippen LogP contribution < -0.4 is 0 Å². The minimum atomic E-state index is -3.53. The van der Waals surface area contributed by atoms with E-state index in [1.54, 1.807) is 30.1 Å². The molecule has 26 heavy (non-hydrogen) atoms. The first-order chi connectivity index (χ1) is 12.5. The number of rotatable bonds is 7. The van der Waals surface area contributed by atoms with Crippen LogP contribution in [0.1, 0.15) is 24.5 Å². The minimum absolute atomic E-state index is 0.270. The highest BCUT2D eigenvalue weighted by molar-refractivity contribution is 7.89. The number of nitrogens with zero attached hydrogens (tertiary/aromatic N) is 3. The van der Waals surface area contributed by atoms with Gasteiger partial charge in [-0.05, 0) is 36.2 Å². The predicted octanol–water partition coefficient (Wildman–Crippen LogP) is 3.65. The molecule has 0 N–H and O–H groups in total. The van der Waals surface area contributed by atoms with Gasteiger partial charge in [-0.15, -0.1) is 0 Å². The van der Waals surface area contributed by atoms with E-state index in [4.69, 9.17) is 0 Å². The first kappa shape index (κ1) is 18.4. The normalized spacial score (nSPS) is 11.8. The Labute approximate surface area is 154 Å². The zero-order valence-corrected chi connectivity index (χ0v) is 15.9. The number of sulfonamides is 1. The van der Waals surface area contributed by atoms with Crippen molar-refractivity contribution in [1.29, 1.82) is 0 Å². The fraction of sp³-hybridized carbons (Fsp3) is 0.250. The van der Waals surface area contributed by atoms with Gasteiger partial charge in [0.15, 0.2) is 0 Å². The van der Waals surface area contributed by atoms with Crippen LogP contribution in [0.3, 0.4) is 0 Å². The molecule has 1 aromatic heterocycles. The average Bonchev–Trinajstić information content (AvgIpc) is 3.12. The lowest BCUT2D eigenvalue weighted by Crippen LogP contribution is -2.26. The molecule has 0 fully saturated rings. The van der Waals surface area contributed by atoms with Gasteiger partial charge in [-0.25, -0.2) is 13.1 Å². The lowest BCUT2D eigenvalue weighted by Gasteiger charge is -2.16. The van der Waals surface area contributed by atoms with Gasteiger partial charge in [-0.3, -0.25) is 0 Å². The zero-order valence-electron chi connectivity index (χ0n) is 15.0. The van der Waals surface area contributed by atoms with Crippen LogP contribution in [0.25, 0.3) is 5.69 Å². The van der Waals surface area contributed by atoms with Gasteiger partial charge in [0.1, 0.15) is 0 Å². The summed E-state index contributed by atoms with van der Waals surface area (Å²) in [4.78, 5) is 0.315. The molecule has 0 saturated heterocycles. The van der Waals surface area contributed by atoms with Crippen LogP contribution in [-0.4, -0.2) is 29.6 Å². The lowest BCUT2D eigenvalue weighted by atomic mass is 10.1. The summed E-state index contributed by atoms with van der Waals surface area (Å²) in [5.41, 5.74) is 2.93. The van der Waals surface area contributed by atoms with Gasteiger partial charge >= 0.3 is 0 Å². The Morgan fingerprint density at radius 1 is 1.00 bits per heavy atom. The number of benzene rings is 2. The van der Waals surface area contributed by atoms with Gasteiger partial charge in [0.2, 0.25) is 10.0 Å². The van der Waals surface area contributed by atoms with E-state index in [0.29, 0.717) is 4.90 Å². The Morgan fingerprint density at radius 3 is 2.35 bits per heavy atom. The summed E-state index contributed by atoms with van der Waals surface area (Å²) in [5, 5.41) is 4.32. The SMILES string of the molecule is CCCc1ccc(S(=O)(=O)N(C)Cc2cnn(-c3ccccc3)c2)cc1. The van der Waals surface area contributed by atoms with E-state index in [0.717, 1.165) is 29.7 Å². The Kier molecular flexibility index (Phi) is 5.54. The molecule has 3 rings (SSSR count). The summed E-state index contributed by atoms with van der Waals surface area (Å²) < 4.78 is 28.7. The first-order valence-corrected chi connectivity index (χ1v) is 10.1. The summed E-state index contributed by atoms with van der Waals surface area (Å²) in [5.74, 6) is 0. The van der Waals surface area contributed by atoms with Crippen molar-refractivity contribution in [1.82, 2.24) is 14.1 Å². The second-order valence-electron chi connectivity index (χ2n) is 6.28. The van der Waals surface area contributed by atoms with Crippen LogP contribution in [0.5, 0.6) is 0 Å².